The van der Waals surface area contributed by atoms with Crippen LogP contribution in [-0.4, -0.2) is 32.7 Å². The second-order valence-electron chi connectivity index (χ2n) is 3.51. The van der Waals surface area contributed by atoms with Crippen LogP contribution in [0.1, 0.15) is 11.4 Å². The third kappa shape index (κ3) is 4.69. The molecule has 0 radical (unpaired) electrons. The highest BCUT2D eigenvalue weighted by Gasteiger charge is 2.08. The van der Waals surface area contributed by atoms with Crippen molar-refractivity contribution in [3.63, 3.8) is 0 Å². The van der Waals surface area contributed by atoms with E-state index in [1.54, 1.807) is 13.1 Å². The second kappa shape index (κ2) is 5.93. The van der Waals surface area contributed by atoms with Crippen LogP contribution in [0.3, 0.4) is 0 Å². The average Bonchev–Trinajstić information content (AvgIpc) is 2.24. The summed E-state index contributed by atoms with van der Waals surface area (Å²) >= 11 is 0. The van der Waals surface area contributed by atoms with E-state index in [0.29, 0.717) is 6.54 Å². The van der Waals surface area contributed by atoms with Crippen molar-refractivity contribution in [1.82, 2.24) is 15.0 Å². The Bertz CT molecular complexity index is 431. The van der Waals surface area contributed by atoms with E-state index in [0.717, 1.165) is 11.4 Å². The Kier molecular flexibility index (Phi) is 4.85. The minimum absolute atomic E-state index is 0.0787. The van der Waals surface area contributed by atoms with Crippen molar-refractivity contribution in [2.45, 2.75) is 13.5 Å². The molecule has 0 aliphatic rings. The van der Waals surface area contributed by atoms with Gasteiger partial charge in [-0.3, -0.25) is 4.98 Å². The van der Waals surface area contributed by atoms with Gasteiger partial charge in [0, 0.05) is 12.2 Å². The Balaban J connectivity index is 2.51. The quantitative estimate of drug-likeness (QED) is 0.739. The van der Waals surface area contributed by atoms with E-state index in [4.69, 9.17) is 0 Å². The van der Waals surface area contributed by atoms with Gasteiger partial charge in [-0.1, -0.05) is 6.07 Å². The summed E-state index contributed by atoms with van der Waals surface area (Å²) in [6.07, 6.45) is 0. The molecule has 0 spiro atoms. The van der Waals surface area contributed by atoms with E-state index in [1.165, 1.54) is 0 Å². The number of hydrogen-bond donors (Lipinski definition) is 2. The van der Waals surface area contributed by atoms with Crippen LogP contribution in [0.5, 0.6) is 0 Å². The van der Waals surface area contributed by atoms with Gasteiger partial charge in [-0.2, -0.15) is 0 Å². The molecule has 1 aromatic rings. The van der Waals surface area contributed by atoms with E-state index in [1.807, 2.05) is 19.1 Å². The highest BCUT2D eigenvalue weighted by atomic mass is 32.2. The first-order valence-electron chi connectivity index (χ1n) is 5.08. The summed E-state index contributed by atoms with van der Waals surface area (Å²) in [6.45, 7) is 2.56. The summed E-state index contributed by atoms with van der Waals surface area (Å²) in [6, 6.07) is 5.53. The number of nitrogens with one attached hydrogen (secondary N) is 2. The third-order valence-corrected chi connectivity index (χ3v) is 3.37. The zero-order valence-corrected chi connectivity index (χ0v) is 10.3. The van der Waals surface area contributed by atoms with Gasteiger partial charge in [-0.15, -0.1) is 0 Å². The molecule has 0 saturated carbocycles. The molecular weight excluding hydrogens is 226 g/mol. The van der Waals surface area contributed by atoms with Crippen LogP contribution in [0, 0.1) is 6.92 Å². The molecule has 5 nitrogen and oxygen atoms in total. The van der Waals surface area contributed by atoms with Crippen molar-refractivity contribution >= 4 is 10.0 Å². The first kappa shape index (κ1) is 13.1. The smallest absolute Gasteiger partial charge is 0.213 e. The molecule has 1 rings (SSSR count). The highest BCUT2D eigenvalue weighted by molar-refractivity contribution is 7.89. The van der Waals surface area contributed by atoms with Crippen molar-refractivity contribution in [1.29, 1.82) is 0 Å². The lowest BCUT2D eigenvalue weighted by Crippen LogP contribution is -2.30. The number of nitrogens with zero attached hydrogens (tertiary/aromatic N) is 1. The number of aryl methyl sites for hydroxylation is 1. The Morgan fingerprint density at radius 2 is 2.12 bits per heavy atom. The van der Waals surface area contributed by atoms with Crippen LogP contribution < -0.4 is 10.0 Å². The van der Waals surface area contributed by atoms with Gasteiger partial charge in [0.25, 0.3) is 0 Å². The predicted octanol–water partition coefficient (Wildman–Crippen LogP) is 0.0288. The van der Waals surface area contributed by atoms with Crippen molar-refractivity contribution < 1.29 is 8.42 Å². The zero-order chi connectivity index (χ0) is 12.0. The van der Waals surface area contributed by atoms with Crippen LogP contribution in [0.25, 0.3) is 0 Å². The van der Waals surface area contributed by atoms with Gasteiger partial charge in [0.15, 0.2) is 0 Å². The van der Waals surface area contributed by atoms with Crippen LogP contribution in [0.15, 0.2) is 18.2 Å². The summed E-state index contributed by atoms with van der Waals surface area (Å²) in [4.78, 5) is 4.21. The zero-order valence-electron chi connectivity index (χ0n) is 9.53. The SMILES string of the molecule is CNCCS(=O)(=O)NCc1cccc(C)n1. The maximum atomic E-state index is 11.5. The number of pyridine rings is 1. The fraction of sp³-hybridized carbons (Fsp3) is 0.500. The Morgan fingerprint density at radius 1 is 1.38 bits per heavy atom. The molecule has 0 saturated heterocycles. The molecule has 6 heteroatoms. The van der Waals surface area contributed by atoms with Gasteiger partial charge in [0.2, 0.25) is 10.0 Å². The maximum Gasteiger partial charge on any atom is 0.213 e. The van der Waals surface area contributed by atoms with E-state index >= 15 is 0 Å². The molecule has 0 aliphatic carbocycles. The lowest BCUT2D eigenvalue weighted by atomic mass is 10.3. The van der Waals surface area contributed by atoms with Crippen molar-refractivity contribution in [2.24, 2.45) is 0 Å². The van der Waals surface area contributed by atoms with E-state index in [-0.39, 0.29) is 12.3 Å². The van der Waals surface area contributed by atoms with Crippen LogP contribution in [0.2, 0.25) is 0 Å². The molecule has 0 atom stereocenters. The van der Waals surface area contributed by atoms with E-state index in [9.17, 15) is 8.42 Å². The van der Waals surface area contributed by atoms with Crippen LogP contribution in [0.4, 0.5) is 0 Å². The molecule has 0 fully saturated rings. The third-order valence-electron chi connectivity index (χ3n) is 2.04. The Labute approximate surface area is 96.3 Å². The van der Waals surface area contributed by atoms with Gasteiger partial charge in [0.05, 0.1) is 18.0 Å². The van der Waals surface area contributed by atoms with Gasteiger partial charge in [-0.05, 0) is 26.1 Å². The number of hydrogen-bond acceptors (Lipinski definition) is 4. The fourth-order valence-electron chi connectivity index (χ4n) is 1.19. The van der Waals surface area contributed by atoms with Gasteiger partial charge >= 0.3 is 0 Å². The molecule has 0 aromatic carbocycles. The lowest BCUT2D eigenvalue weighted by molar-refractivity contribution is 0.578. The van der Waals surface area contributed by atoms with Gasteiger partial charge < -0.3 is 5.32 Å². The van der Waals surface area contributed by atoms with Crippen molar-refractivity contribution in [3.8, 4) is 0 Å². The summed E-state index contributed by atoms with van der Waals surface area (Å²) in [5.74, 6) is 0.0787. The number of rotatable bonds is 6. The normalized spacial score (nSPS) is 11.6. The van der Waals surface area contributed by atoms with Crippen molar-refractivity contribution in [2.75, 3.05) is 19.3 Å². The standard InChI is InChI=1S/C10H17N3O2S/c1-9-4-3-5-10(13-9)8-12-16(14,15)7-6-11-2/h3-5,11-12H,6-8H2,1-2H3. The van der Waals surface area contributed by atoms with Crippen molar-refractivity contribution in [3.05, 3.63) is 29.6 Å². The summed E-state index contributed by atoms with van der Waals surface area (Å²) < 4.78 is 25.4. The van der Waals surface area contributed by atoms with Crippen LogP contribution >= 0.6 is 0 Å². The van der Waals surface area contributed by atoms with E-state index < -0.39 is 10.0 Å². The maximum absolute atomic E-state index is 11.5. The fourth-order valence-corrected chi connectivity index (χ4v) is 2.18. The number of sulfonamides is 1. The first-order valence-corrected chi connectivity index (χ1v) is 6.73. The molecule has 2 N–H and O–H groups in total. The number of aromatic nitrogens is 1. The average molecular weight is 243 g/mol. The first-order chi connectivity index (χ1) is 7.53. The molecule has 1 heterocycles. The van der Waals surface area contributed by atoms with Gasteiger partial charge in [0.1, 0.15) is 0 Å². The monoisotopic (exact) mass is 243 g/mol. The molecule has 0 aliphatic heterocycles. The molecule has 16 heavy (non-hydrogen) atoms. The molecule has 0 unspecified atom stereocenters. The molecular formula is C10H17N3O2S. The molecule has 0 bridgehead atoms. The molecule has 1 aromatic heterocycles. The van der Waals surface area contributed by atoms with Crippen LogP contribution in [-0.2, 0) is 16.6 Å². The largest absolute Gasteiger partial charge is 0.319 e. The highest BCUT2D eigenvalue weighted by Crippen LogP contribution is 1.98. The van der Waals surface area contributed by atoms with E-state index in [2.05, 4.69) is 15.0 Å². The summed E-state index contributed by atoms with van der Waals surface area (Å²) in [5, 5.41) is 2.80. The second-order valence-corrected chi connectivity index (χ2v) is 5.44. The lowest BCUT2D eigenvalue weighted by Gasteiger charge is -2.06. The Morgan fingerprint density at radius 3 is 2.75 bits per heavy atom. The summed E-state index contributed by atoms with van der Waals surface area (Å²) in [7, 11) is -1.49. The minimum Gasteiger partial charge on any atom is -0.319 e. The minimum atomic E-state index is -3.21. The summed E-state index contributed by atoms with van der Waals surface area (Å²) in [5.41, 5.74) is 1.61. The van der Waals surface area contributed by atoms with Gasteiger partial charge in [-0.25, -0.2) is 13.1 Å². The molecule has 0 amide bonds. The predicted molar refractivity (Wildman–Crippen MR) is 63.5 cm³/mol. The Hall–Kier alpha value is -0.980. The topological polar surface area (TPSA) is 71.1 Å². The molecule has 90 valence electrons.